The van der Waals surface area contributed by atoms with Gasteiger partial charge in [0, 0.05) is 68.4 Å². The summed E-state index contributed by atoms with van der Waals surface area (Å²) < 4.78 is 25.0. The van der Waals surface area contributed by atoms with E-state index in [0.29, 0.717) is 37.6 Å². The molecule has 1 fully saturated rings. The van der Waals surface area contributed by atoms with Crippen molar-refractivity contribution in [3.8, 4) is 0 Å². The number of carbonyl (C=O) groups excluding carboxylic acids is 2. The molecule has 4 aliphatic rings. The molecule has 3 aliphatic carbocycles. The molecule has 73 heavy (non-hydrogen) atoms. The summed E-state index contributed by atoms with van der Waals surface area (Å²) in [4.78, 5) is 34.8. The summed E-state index contributed by atoms with van der Waals surface area (Å²) in [6.45, 7) is 6.27. The van der Waals surface area contributed by atoms with Crippen LogP contribution >= 0.6 is 56.2 Å². The topological polar surface area (TPSA) is 190 Å². The summed E-state index contributed by atoms with van der Waals surface area (Å²) >= 11 is 15.2. The summed E-state index contributed by atoms with van der Waals surface area (Å²) in [5.41, 5.74) is 11.3. The molecule has 0 saturated carbocycles. The average molecular weight is 1130 g/mol. The second kappa shape index (κ2) is 34.9. The van der Waals surface area contributed by atoms with E-state index in [0.717, 1.165) is 118 Å². The van der Waals surface area contributed by atoms with Gasteiger partial charge in [-0.1, -0.05) is 91.0 Å². The van der Waals surface area contributed by atoms with Crippen molar-refractivity contribution < 1.29 is 68.2 Å². The van der Waals surface area contributed by atoms with Crippen molar-refractivity contribution in [2.24, 2.45) is 0 Å². The molecule has 2 N–H and O–H groups in total. The maximum Gasteiger partial charge on any atom is 1.00 e. The number of nitrogens with zero attached hydrogens (tertiary/aromatic N) is 6. The number of hydrogen-bond donors (Lipinski definition) is 1. The zero-order chi connectivity index (χ0) is 51.0. The smallest absolute Gasteiger partial charge is 0.870 e. The summed E-state index contributed by atoms with van der Waals surface area (Å²) in [5, 5.41) is 22.3. The molecule has 390 valence electrons. The van der Waals surface area contributed by atoms with E-state index in [1.54, 1.807) is 0 Å². The second-order valence-corrected chi connectivity index (χ2v) is 20.5. The van der Waals surface area contributed by atoms with Crippen LogP contribution in [0, 0.1) is 0 Å². The van der Waals surface area contributed by atoms with E-state index < -0.39 is 20.4 Å². The van der Waals surface area contributed by atoms with Crippen LogP contribution in [0.5, 0.6) is 0 Å². The maximum atomic E-state index is 12.1. The fourth-order valence-corrected chi connectivity index (χ4v) is 9.03. The van der Waals surface area contributed by atoms with E-state index in [4.69, 9.17) is 48.5 Å². The minimum absolute atomic E-state index is 0. The van der Waals surface area contributed by atoms with Crippen LogP contribution in [0.3, 0.4) is 0 Å². The van der Waals surface area contributed by atoms with Gasteiger partial charge in [0.2, 0.25) is 9.23 Å². The molecule has 0 amide bonds. The zero-order valence-corrected chi connectivity index (χ0v) is 47.9. The number of aromatic nitrogens is 6. The van der Waals surface area contributed by atoms with E-state index in [1.807, 2.05) is 87.7 Å². The van der Waals surface area contributed by atoms with Gasteiger partial charge >= 0.3 is 41.5 Å². The number of esters is 1. The molecule has 0 bridgehead atoms. The fourth-order valence-electron chi connectivity index (χ4n) is 8.88. The molecular formula is C52H62Cl5N6NaO8S. The number of carbonyl (C=O) groups is 3. The number of alkyl halides is 2. The number of hydrogen-bond acceptors (Lipinski definition) is 10. The van der Waals surface area contributed by atoms with Crippen LogP contribution in [-0.2, 0) is 76.9 Å². The number of aromatic carboxylic acids is 1. The van der Waals surface area contributed by atoms with Crippen LogP contribution in [0.25, 0.3) is 0 Å². The number of ether oxygens (including phenoxy) is 2. The number of benzene rings is 3. The Balaban J connectivity index is 0.000000256. The van der Waals surface area contributed by atoms with Gasteiger partial charge in [0.15, 0.2) is 11.4 Å². The Morgan fingerprint density at radius 1 is 0.589 bits per heavy atom. The predicted molar refractivity (Wildman–Crippen MR) is 285 cm³/mol. The first kappa shape index (κ1) is 63.7. The van der Waals surface area contributed by atoms with Crippen LogP contribution in [0.4, 0.5) is 0 Å². The van der Waals surface area contributed by atoms with Crippen molar-refractivity contribution >= 4 is 82.6 Å². The summed E-state index contributed by atoms with van der Waals surface area (Å²) in [5.74, 6) is -1.20. The molecule has 21 heteroatoms. The predicted octanol–water partition coefficient (Wildman–Crippen LogP) is 8.77. The number of halogens is 5. The molecule has 0 atom stereocenters. The van der Waals surface area contributed by atoms with Gasteiger partial charge in [0.1, 0.15) is 5.69 Å². The van der Waals surface area contributed by atoms with Crippen molar-refractivity contribution in [3.05, 3.63) is 159 Å². The molecule has 1 aliphatic heterocycles. The molecule has 3 aromatic carbocycles. The van der Waals surface area contributed by atoms with Crippen LogP contribution in [-0.4, -0.2) is 86.5 Å². The van der Waals surface area contributed by atoms with E-state index in [9.17, 15) is 19.5 Å². The van der Waals surface area contributed by atoms with Crippen LogP contribution < -0.4 is 29.6 Å². The number of rotatable bonds is 10. The number of carboxylic acids is 1. The maximum absolute atomic E-state index is 12.1. The zero-order valence-electron chi connectivity index (χ0n) is 41.3. The Hall–Kier alpha value is -3.58. The molecule has 14 nitrogen and oxygen atoms in total. The molecule has 6 aromatic rings. The first-order valence-corrected chi connectivity index (χ1v) is 28.1. The van der Waals surface area contributed by atoms with Gasteiger partial charge < -0.3 is 20.1 Å². The third kappa shape index (κ3) is 20.5. The van der Waals surface area contributed by atoms with Gasteiger partial charge in [-0.2, -0.15) is 15.3 Å². The van der Waals surface area contributed by atoms with Gasteiger partial charge in [-0.05, 0) is 125 Å². The minimum Gasteiger partial charge on any atom is -0.870 e. The van der Waals surface area contributed by atoms with Crippen LogP contribution in [0.2, 0.25) is 0 Å². The van der Waals surface area contributed by atoms with Gasteiger partial charge in [0.05, 0.1) is 31.6 Å². The van der Waals surface area contributed by atoms with E-state index >= 15 is 0 Å². The van der Waals surface area contributed by atoms with Crippen LogP contribution in [0.15, 0.2) is 91.0 Å². The first-order chi connectivity index (χ1) is 34.4. The molecule has 10 rings (SSSR count). The summed E-state index contributed by atoms with van der Waals surface area (Å²) in [6, 6.07) is 30.4. The van der Waals surface area contributed by atoms with Crippen LogP contribution in [0.1, 0.15) is 140 Å². The Kier molecular flexibility index (Phi) is 30.4. The second-order valence-electron chi connectivity index (χ2n) is 16.8. The van der Waals surface area contributed by atoms with E-state index in [-0.39, 0.29) is 52.0 Å². The van der Waals surface area contributed by atoms with Crippen molar-refractivity contribution in [2.45, 2.75) is 116 Å². The standard InChI is InChI=1S/C17H20N2O2.C15H15ClN2O.C15H16N2O2.C4H8O.CH2Cl2.Cl2OS.Na.H2O/c1-2-21-17(20)16-14-10-6-7-11-15(14)19(18-16)12-13-8-4-3-5-9-13;16-15(19)14-12-8-4-5-9-13(12)18(17-14)10-11-6-2-1-3-7-11;18-15(19)14-12-8-4-5-9-13(12)17(16-14)10-11-6-2-1-3-7-11;1-2-4-5-3-1;2-1-3;1-4(2)3;;/h3-5,8-9H,2,6-7,10-12H2,1H3;1-3,6-7H,4-5,8-10H2;1-3,6-7H,4-5,8-10H2,(H,18,19);1-4H2;1H2;;;1H2/q;;;;;;+1;/p-1. The Bertz CT molecular complexity index is 2500. The molecule has 0 spiro atoms. The minimum atomic E-state index is -1.67. The van der Waals surface area contributed by atoms with Gasteiger partial charge in [-0.25, -0.2) is 13.8 Å². The van der Waals surface area contributed by atoms with Crippen molar-refractivity contribution in [3.63, 3.8) is 0 Å². The van der Waals surface area contributed by atoms with E-state index in [2.05, 4.69) is 60.9 Å². The molecule has 0 unspecified atom stereocenters. The molecule has 3 aromatic heterocycles. The largest absolute Gasteiger partial charge is 1.00 e. The Labute approximate surface area is 476 Å². The monoisotopic (exact) mass is 1130 g/mol. The van der Waals surface area contributed by atoms with Gasteiger partial charge in [0.25, 0.3) is 5.24 Å². The van der Waals surface area contributed by atoms with Crippen molar-refractivity contribution in [2.75, 3.05) is 25.2 Å². The van der Waals surface area contributed by atoms with Gasteiger partial charge in [-0.3, -0.25) is 18.8 Å². The summed E-state index contributed by atoms with van der Waals surface area (Å²) in [7, 11) is 7.36. The molecule has 0 radical (unpaired) electrons. The Morgan fingerprint density at radius 2 is 0.904 bits per heavy atom. The SMILES string of the molecule is C1CCOC1.CCOC(=O)c1nn(Cc2ccccc2)c2c1CCCC2.ClCCl.O=C(Cl)c1nn(Cc2ccccc2)c2c1CCCC2.O=C(O)c1nn(Cc2ccccc2)c2c1CCCC2.O=S(Cl)Cl.[Na+].[OH-]. The first-order valence-electron chi connectivity index (χ1n) is 23.9. The third-order valence-corrected chi connectivity index (χ3v) is 12.2. The number of carboxylic acid groups (broad SMARTS) is 1. The fraction of sp³-hybridized carbons (Fsp3) is 0.423. The average Bonchev–Trinajstić information content (AvgIpc) is 4.21. The molecular weight excluding hydrogens is 1070 g/mol. The van der Waals surface area contributed by atoms with Crippen molar-refractivity contribution in [1.29, 1.82) is 0 Å². The third-order valence-electron chi connectivity index (χ3n) is 12.0. The molecule has 4 heterocycles. The Morgan fingerprint density at radius 3 is 1.22 bits per heavy atom. The summed E-state index contributed by atoms with van der Waals surface area (Å²) in [6.07, 6.45) is 14.9. The quantitative estimate of drug-likeness (QED) is 0.0597. The normalized spacial score (nSPS) is 13.7. The molecule has 1 saturated heterocycles. The van der Waals surface area contributed by atoms with E-state index in [1.165, 1.54) is 35.4 Å². The number of fused-ring (bicyclic) bond motifs is 3. The van der Waals surface area contributed by atoms with Crippen molar-refractivity contribution in [1.82, 2.24) is 29.3 Å². The van der Waals surface area contributed by atoms with Gasteiger partial charge in [-0.15, -0.1) is 23.2 Å².